The molecule has 0 heterocycles. The lowest BCUT2D eigenvalue weighted by atomic mass is 9.88. The number of hydrogen-bond donors (Lipinski definition) is 5. The molecule has 1 aromatic carbocycles. The van der Waals surface area contributed by atoms with E-state index >= 15 is 0 Å². The fourth-order valence-corrected chi connectivity index (χ4v) is 4.47. The van der Waals surface area contributed by atoms with Crippen molar-refractivity contribution in [1.29, 1.82) is 0 Å². The van der Waals surface area contributed by atoms with Crippen molar-refractivity contribution in [2.45, 2.75) is 85.3 Å². The van der Waals surface area contributed by atoms with Crippen LogP contribution >= 0.6 is 0 Å². The van der Waals surface area contributed by atoms with Gasteiger partial charge in [0.25, 0.3) is 0 Å². The molecular weight excluding hydrogens is 542 g/mol. The van der Waals surface area contributed by atoms with E-state index < -0.39 is 29.9 Å². The van der Waals surface area contributed by atoms with Crippen LogP contribution in [0.15, 0.2) is 24.3 Å². The van der Waals surface area contributed by atoms with Crippen molar-refractivity contribution < 1.29 is 33.5 Å². The van der Waals surface area contributed by atoms with E-state index in [1.807, 2.05) is 0 Å². The van der Waals surface area contributed by atoms with Crippen LogP contribution in [-0.2, 0) is 35.3 Å². The van der Waals surface area contributed by atoms with Crippen LogP contribution in [0.5, 0.6) is 0 Å². The van der Waals surface area contributed by atoms with Gasteiger partial charge in [-0.2, -0.15) is 0 Å². The van der Waals surface area contributed by atoms with E-state index in [0.717, 1.165) is 12.0 Å². The molecule has 0 aromatic heterocycles. The molecule has 4 amide bonds. The molecule has 0 saturated heterocycles. The highest BCUT2D eigenvalue weighted by Gasteiger charge is 2.31. The van der Waals surface area contributed by atoms with Gasteiger partial charge in [-0.1, -0.05) is 32.4 Å². The Morgan fingerprint density at radius 2 is 1.48 bits per heavy atom. The van der Waals surface area contributed by atoms with Crippen molar-refractivity contribution in [3.63, 3.8) is 0 Å². The number of primary amides is 1. The van der Waals surface area contributed by atoms with Gasteiger partial charge in [-0.25, -0.2) is 4.79 Å². The number of anilines is 1. The molecule has 1 rings (SSSR count). The Bertz CT molecular complexity index is 1060. The van der Waals surface area contributed by atoms with E-state index in [1.54, 1.807) is 38.1 Å². The Hall–Kier alpha value is -3.80. The van der Waals surface area contributed by atoms with Crippen molar-refractivity contribution in [3.05, 3.63) is 29.8 Å². The second-order valence-corrected chi connectivity index (χ2v) is 10.9. The summed E-state index contributed by atoms with van der Waals surface area (Å²) in [5.74, 6) is -3.14. The predicted octanol–water partition coefficient (Wildman–Crippen LogP) is 2.58. The summed E-state index contributed by atoms with van der Waals surface area (Å²) in [6, 6.07) is 5.23. The fourth-order valence-electron chi connectivity index (χ4n) is 4.47. The van der Waals surface area contributed by atoms with Crippen molar-refractivity contribution in [2.75, 3.05) is 18.4 Å². The summed E-state index contributed by atoms with van der Waals surface area (Å²) in [5, 5.41) is 8.14. The first-order valence-electron chi connectivity index (χ1n) is 14.4. The van der Waals surface area contributed by atoms with Gasteiger partial charge in [0.1, 0.15) is 12.4 Å². The van der Waals surface area contributed by atoms with E-state index in [2.05, 4.69) is 16.0 Å². The van der Waals surface area contributed by atoms with Crippen LogP contribution in [0.25, 0.3) is 0 Å². The number of hydrogen-bond acceptors (Lipinski definition) is 8. The number of amides is 4. The van der Waals surface area contributed by atoms with E-state index in [-0.39, 0.29) is 61.7 Å². The molecule has 0 radical (unpaired) electrons. The number of benzene rings is 1. The van der Waals surface area contributed by atoms with E-state index in [9.17, 15) is 28.8 Å². The van der Waals surface area contributed by atoms with Gasteiger partial charge in [0, 0.05) is 43.8 Å². The van der Waals surface area contributed by atoms with Gasteiger partial charge >= 0.3 is 12.0 Å². The second kappa shape index (κ2) is 19.3. The maximum atomic E-state index is 13.5. The topological polar surface area (TPSA) is 200 Å². The van der Waals surface area contributed by atoms with Gasteiger partial charge in [0.15, 0.2) is 5.78 Å². The molecule has 12 nitrogen and oxygen atoms in total. The van der Waals surface area contributed by atoms with Gasteiger partial charge < -0.3 is 36.9 Å². The van der Waals surface area contributed by atoms with Crippen LogP contribution in [0.1, 0.15) is 78.2 Å². The van der Waals surface area contributed by atoms with E-state index in [0.29, 0.717) is 31.5 Å². The lowest BCUT2D eigenvalue weighted by Gasteiger charge is -2.26. The largest absolute Gasteiger partial charge is 0.461 e. The predicted molar refractivity (Wildman–Crippen MR) is 159 cm³/mol. The van der Waals surface area contributed by atoms with Gasteiger partial charge in [-0.05, 0) is 62.8 Å². The number of nitrogens with one attached hydrogen (secondary N) is 3. The third-order valence-corrected chi connectivity index (χ3v) is 6.73. The number of rotatable bonds is 20. The zero-order valence-corrected chi connectivity index (χ0v) is 25.2. The zero-order valence-electron chi connectivity index (χ0n) is 25.2. The van der Waals surface area contributed by atoms with Crippen LogP contribution in [-0.4, -0.2) is 54.5 Å². The summed E-state index contributed by atoms with van der Waals surface area (Å²) in [6.07, 6.45) is 2.52. The highest BCUT2D eigenvalue weighted by Crippen LogP contribution is 2.21. The summed E-state index contributed by atoms with van der Waals surface area (Å²) in [6.45, 7) is 7.18. The lowest BCUT2D eigenvalue weighted by molar-refractivity contribution is -0.142. The number of urea groups is 1. The summed E-state index contributed by atoms with van der Waals surface area (Å²) in [5.41, 5.74) is 11.9. The van der Waals surface area contributed by atoms with Crippen LogP contribution < -0.4 is 27.4 Å². The second-order valence-electron chi connectivity index (χ2n) is 10.9. The van der Waals surface area contributed by atoms with E-state index in [1.165, 1.54) is 13.8 Å². The van der Waals surface area contributed by atoms with Crippen molar-refractivity contribution in [3.8, 4) is 0 Å². The van der Waals surface area contributed by atoms with Crippen LogP contribution in [0, 0.1) is 17.8 Å². The first-order chi connectivity index (χ1) is 19.8. The molecule has 42 heavy (non-hydrogen) atoms. The molecule has 0 unspecified atom stereocenters. The number of Topliss-reactive ketones (excluding diaryl/α,β-unsaturated/α-hetero) is 2. The molecule has 0 aliphatic heterocycles. The number of esters is 1. The summed E-state index contributed by atoms with van der Waals surface area (Å²) in [4.78, 5) is 73.8. The number of unbranched alkanes of at least 4 members (excludes halogenated alkanes) is 1. The lowest BCUT2D eigenvalue weighted by Crippen LogP contribution is -2.48. The smallest absolute Gasteiger partial charge is 0.312 e. The minimum atomic E-state index is -0.846. The first kappa shape index (κ1) is 36.2. The minimum Gasteiger partial charge on any atom is -0.461 e. The average molecular weight is 590 g/mol. The van der Waals surface area contributed by atoms with Gasteiger partial charge in [0.05, 0.1) is 6.04 Å². The summed E-state index contributed by atoms with van der Waals surface area (Å²) >= 11 is 0. The molecule has 7 N–H and O–H groups in total. The molecule has 0 saturated carbocycles. The molecule has 0 aliphatic carbocycles. The van der Waals surface area contributed by atoms with Crippen LogP contribution in [0.3, 0.4) is 0 Å². The van der Waals surface area contributed by atoms with Crippen LogP contribution in [0.4, 0.5) is 10.5 Å². The molecule has 3 atom stereocenters. The van der Waals surface area contributed by atoms with Crippen molar-refractivity contribution >= 4 is 41.1 Å². The SMILES string of the molecule is CC(=O)C[C@@H](CCCCN)C(=O)N[C@H](C(=O)C[C@@H](CCCNC(N)=O)C(=O)Nc1ccc(COC(C)=O)cc1)C(C)C. The molecule has 234 valence electrons. The Balaban J connectivity index is 3.01. The molecular formula is C30H47N5O7. The quantitative estimate of drug-likeness (QED) is 0.113. The first-order valence-corrected chi connectivity index (χ1v) is 14.4. The number of ether oxygens (including phenoxy) is 1. The number of ketones is 2. The third-order valence-electron chi connectivity index (χ3n) is 6.73. The standard InChI is InChI=1S/C30H47N5O7/c1-19(2)27(35-29(40)23(16-20(3)36)8-5-6-14-31)26(38)17-24(9-7-15-33-30(32)41)28(39)34-25-12-10-22(11-13-25)18-42-21(4)37/h10-13,19,23-24,27H,5-9,14-18,31H2,1-4H3,(H,34,39)(H,35,40)(H3,32,33,41)/t23-,24-,27+/m1/s1. The highest BCUT2D eigenvalue weighted by atomic mass is 16.5. The van der Waals surface area contributed by atoms with Gasteiger partial charge in [-0.3, -0.25) is 19.2 Å². The maximum absolute atomic E-state index is 13.5. The zero-order chi connectivity index (χ0) is 31.7. The number of carbonyl (C=O) groups excluding carboxylic acids is 6. The van der Waals surface area contributed by atoms with Crippen LogP contribution in [0.2, 0.25) is 0 Å². The van der Waals surface area contributed by atoms with Gasteiger partial charge in [-0.15, -0.1) is 0 Å². The molecule has 0 spiro atoms. The average Bonchev–Trinajstić information content (AvgIpc) is 2.91. The third kappa shape index (κ3) is 14.7. The molecule has 1 aromatic rings. The molecule has 0 bridgehead atoms. The highest BCUT2D eigenvalue weighted by molar-refractivity contribution is 5.97. The Morgan fingerprint density at radius 3 is 2.02 bits per heavy atom. The molecule has 0 fully saturated rings. The maximum Gasteiger partial charge on any atom is 0.312 e. The van der Waals surface area contributed by atoms with Gasteiger partial charge in [0.2, 0.25) is 11.8 Å². The Labute approximate surface area is 248 Å². The molecule has 12 heteroatoms. The monoisotopic (exact) mass is 589 g/mol. The summed E-state index contributed by atoms with van der Waals surface area (Å²) < 4.78 is 4.98. The van der Waals surface area contributed by atoms with Crippen molar-refractivity contribution in [1.82, 2.24) is 10.6 Å². The van der Waals surface area contributed by atoms with E-state index in [4.69, 9.17) is 16.2 Å². The number of carbonyl (C=O) groups is 6. The minimum absolute atomic E-state index is 0.0764. The Kier molecular flexibility index (Phi) is 16.7. The fraction of sp³-hybridized carbons (Fsp3) is 0.600. The summed E-state index contributed by atoms with van der Waals surface area (Å²) in [7, 11) is 0. The number of nitrogens with two attached hydrogens (primary N) is 2. The normalized spacial score (nSPS) is 13.0. The molecule has 0 aliphatic rings. The van der Waals surface area contributed by atoms with Crippen molar-refractivity contribution in [2.24, 2.45) is 29.2 Å². The Morgan fingerprint density at radius 1 is 0.857 bits per heavy atom.